The second-order valence-electron chi connectivity index (χ2n) is 3.18. The van der Waals surface area contributed by atoms with Crippen LogP contribution in [0.4, 0.5) is 0 Å². The minimum absolute atomic E-state index is 0.112. The van der Waals surface area contributed by atoms with Gasteiger partial charge in [-0.15, -0.1) is 0 Å². The molecule has 3 N–H and O–H groups in total. The van der Waals surface area contributed by atoms with Gasteiger partial charge in [0.15, 0.2) is 5.72 Å². The highest BCUT2D eigenvalue weighted by Crippen LogP contribution is 2.50. The van der Waals surface area contributed by atoms with Gasteiger partial charge in [-0.25, -0.2) is 0 Å². The topological polar surface area (TPSA) is 81.0 Å². The second-order valence-corrected chi connectivity index (χ2v) is 4.69. The minimum Gasteiger partial charge on any atom is -0.367 e. The van der Waals surface area contributed by atoms with E-state index in [1.165, 1.54) is 12.3 Å². The Morgan fingerprint density at radius 3 is 2.58 bits per heavy atom. The van der Waals surface area contributed by atoms with Crippen LogP contribution in [0.25, 0.3) is 0 Å². The highest BCUT2D eigenvalue weighted by Gasteiger charge is 2.63. The van der Waals surface area contributed by atoms with Crippen LogP contribution in [0.3, 0.4) is 0 Å². The van der Waals surface area contributed by atoms with Crippen molar-refractivity contribution in [2.45, 2.75) is 24.1 Å². The van der Waals surface area contributed by atoms with Gasteiger partial charge in [0.1, 0.15) is 0 Å². The monoisotopic (exact) mass is 191 g/mol. The fourth-order valence-electron chi connectivity index (χ4n) is 1.59. The molecule has 12 heavy (non-hydrogen) atoms. The van der Waals surface area contributed by atoms with E-state index in [0.717, 1.165) is 4.90 Å². The lowest BCUT2D eigenvalue weighted by atomic mass is 10.1. The van der Waals surface area contributed by atoms with Crippen LogP contribution in [-0.2, 0) is 4.79 Å². The molecule has 0 saturated carbocycles. The average Bonchev–Trinajstić information content (AvgIpc) is 1.94. The molecule has 1 fully saturated rings. The first-order chi connectivity index (χ1) is 5.38. The van der Waals surface area contributed by atoms with Crippen LogP contribution in [0.1, 0.15) is 13.3 Å². The molecule has 2 aliphatic heterocycles. The van der Waals surface area contributed by atoms with E-state index < -0.39 is 21.5 Å². The van der Waals surface area contributed by atoms with Gasteiger partial charge in [-0.1, -0.05) is 0 Å². The molecule has 2 heterocycles. The highest BCUT2D eigenvalue weighted by molar-refractivity contribution is 8.11. The maximum atomic E-state index is 11.0. The van der Waals surface area contributed by atoms with Gasteiger partial charge in [0.2, 0.25) is 11.0 Å². The molecule has 0 radical (unpaired) electrons. The Morgan fingerprint density at radius 2 is 2.25 bits per heavy atom. The van der Waals surface area contributed by atoms with Crippen LogP contribution >= 0.6 is 10.8 Å². The molecule has 1 saturated heterocycles. The summed E-state index contributed by atoms with van der Waals surface area (Å²) in [7, 11) is -1.43. The van der Waals surface area contributed by atoms with Gasteiger partial charge < -0.3 is 14.8 Å². The number of aliphatic hydroxyl groups is 2. The van der Waals surface area contributed by atoms with E-state index in [2.05, 4.69) is 0 Å². The normalized spacial score (nSPS) is 51.5. The molecule has 0 aliphatic carbocycles. The van der Waals surface area contributed by atoms with E-state index in [1.807, 2.05) is 0 Å². The first kappa shape index (κ1) is 8.18. The number of nitrogens with zero attached hydrogens (tertiary/aromatic N) is 1. The third-order valence-electron chi connectivity index (χ3n) is 2.10. The van der Waals surface area contributed by atoms with Crippen LogP contribution in [-0.4, -0.2) is 41.7 Å². The summed E-state index contributed by atoms with van der Waals surface area (Å²) in [5.41, 5.74) is -1.51. The number of carbonyl (C=O) groups excluding carboxylic acids is 1. The Balaban J connectivity index is 2.45. The maximum absolute atomic E-state index is 11.0. The molecule has 1 amide bonds. The number of hydrogen-bond donors (Lipinski definition) is 3. The molecule has 2 aliphatic rings. The lowest BCUT2D eigenvalue weighted by Crippen LogP contribution is -2.66. The van der Waals surface area contributed by atoms with E-state index in [1.54, 1.807) is 0 Å². The molecule has 0 spiro atoms. The van der Waals surface area contributed by atoms with Crippen molar-refractivity contribution < 1.29 is 19.6 Å². The summed E-state index contributed by atoms with van der Waals surface area (Å²) in [5, 5.41) is 18.8. The quantitative estimate of drug-likeness (QED) is 0.343. The van der Waals surface area contributed by atoms with Crippen molar-refractivity contribution in [3.63, 3.8) is 0 Å². The Labute approximate surface area is 71.4 Å². The average molecular weight is 191 g/mol. The molecule has 3 atom stereocenters. The van der Waals surface area contributed by atoms with Gasteiger partial charge in [-0.3, -0.25) is 9.69 Å². The predicted octanol–water partition coefficient (Wildman–Crippen LogP) is -0.869. The summed E-state index contributed by atoms with van der Waals surface area (Å²) in [6.07, 6.45) is -0.112. The molecule has 0 aromatic heterocycles. The van der Waals surface area contributed by atoms with Crippen molar-refractivity contribution in [3.8, 4) is 0 Å². The smallest absolute Gasteiger partial charge is 0.233 e. The van der Waals surface area contributed by atoms with Gasteiger partial charge in [-0.2, -0.15) is 0 Å². The zero-order chi connectivity index (χ0) is 9.15. The molecule has 68 valence electrons. The van der Waals surface area contributed by atoms with Gasteiger partial charge in [0, 0.05) is 5.37 Å². The molecular formula is C6H9NO4S. The van der Waals surface area contributed by atoms with Gasteiger partial charge >= 0.3 is 0 Å². The van der Waals surface area contributed by atoms with E-state index in [9.17, 15) is 19.6 Å². The Kier molecular flexibility index (Phi) is 1.30. The van der Waals surface area contributed by atoms with Gasteiger partial charge in [0.05, 0.1) is 6.42 Å². The lowest BCUT2D eigenvalue weighted by molar-refractivity contribution is -0.206. The lowest BCUT2D eigenvalue weighted by Gasteiger charge is -2.47. The summed E-state index contributed by atoms with van der Waals surface area (Å²) in [6, 6.07) is 0. The molecule has 2 rings (SSSR count). The van der Waals surface area contributed by atoms with Crippen molar-refractivity contribution in [1.82, 2.24) is 4.90 Å². The standard InChI is InChI=1S/C6H9NO4S/c1-5(9)3-12(11)6(10)2-4(8)7(5)6/h3,9-11H,2H2,1H3. The van der Waals surface area contributed by atoms with Crippen LogP contribution in [0.15, 0.2) is 0 Å². The van der Waals surface area contributed by atoms with Crippen molar-refractivity contribution in [3.05, 3.63) is 0 Å². The van der Waals surface area contributed by atoms with Gasteiger partial charge in [0.25, 0.3) is 0 Å². The summed E-state index contributed by atoms with van der Waals surface area (Å²) < 4.78 is 9.30. The van der Waals surface area contributed by atoms with Crippen molar-refractivity contribution >= 4 is 22.0 Å². The third-order valence-corrected chi connectivity index (χ3v) is 3.77. The van der Waals surface area contributed by atoms with Crippen LogP contribution in [0, 0.1) is 0 Å². The first-order valence-corrected chi connectivity index (χ1v) is 4.69. The largest absolute Gasteiger partial charge is 0.367 e. The van der Waals surface area contributed by atoms with Gasteiger partial charge in [-0.05, 0) is 17.7 Å². The minimum atomic E-state index is -1.54. The van der Waals surface area contributed by atoms with E-state index in [0.29, 0.717) is 0 Å². The van der Waals surface area contributed by atoms with Crippen LogP contribution in [0.5, 0.6) is 0 Å². The molecular weight excluding hydrogens is 182 g/mol. The zero-order valence-electron chi connectivity index (χ0n) is 6.39. The number of amides is 1. The summed E-state index contributed by atoms with van der Waals surface area (Å²) in [6.45, 7) is 1.36. The third kappa shape index (κ3) is 0.705. The Bertz CT molecular complexity index is 300. The number of fused-ring (bicyclic) bond motifs is 1. The number of β-lactam (4-membered cyclic amide) rings is 1. The van der Waals surface area contributed by atoms with E-state index >= 15 is 0 Å². The summed E-state index contributed by atoms with van der Waals surface area (Å²) in [4.78, 5) is 11.9. The molecule has 3 unspecified atom stereocenters. The molecule has 0 aromatic rings. The van der Waals surface area contributed by atoms with Crippen molar-refractivity contribution in [2.75, 3.05) is 0 Å². The molecule has 0 aromatic carbocycles. The predicted molar refractivity (Wildman–Crippen MR) is 43.3 cm³/mol. The highest BCUT2D eigenvalue weighted by atomic mass is 32.2. The Morgan fingerprint density at radius 1 is 1.67 bits per heavy atom. The molecule has 0 bridgehead atoms. The zero-order valence-corrected chi connectivity index (χ0v) is 7.21. The number of hydrogen-bond acceptors (Lipinski definition) is 4. The second kappa shape index (κ2) is 1.90. The van der Waals surface area contributed by atoms with E-state index in [4.69, 9.17) is 0 Å². The fourth-order valence-corrected chi connectivity index (χ4v) is 3.05. The fraction of sp³-hybridized carbons (Fsp3) is 0.667. The molecule has 6 heteroatoms. The van der Waals surface area contributed by atoms with Crippen LogP contribution in [0.2, 0.25) is 0 Å². The molecule has 5 nitrogen and oxygen atoms in total. The number of carbonyl (C=O) groups is 1. The van der Waals surface area contributed by atoms with Crippen LogP contribution < -0.4 is 0 Å². The summed E-state index contributed by atoms with van der Waals surface area (Å²) >= 11 is 0. The Hall–Kier alpha value is -0.430. The first-order valence-electron chi connectivity index (χ1n) is 3.44. The SMILES string of the molecule is CC1(O)C=S(O)C2(O)CC(=O)N12. The van der Waals surface area contributed by atoms with Crippen molar-refractivity contribution in [2.24, 2.45) is 0 Å². The summed E-state index contributed by atoms with van der Waals surface area (Å²) in [5.74, 6) is -0.345. The van der Waals surface area contributed by atoms with Crippen molar-refractivity contribution in [1.29, 1.82) is 0 Å². The maximum Gasteiger partial charge on any atom is 0.233 e. The van der Waals surface area contributed by atoms with E-state index in [-0.39, 0.29) is 12.3 Å². The number of rotatable bonds is 0.